The molecule has 0 aliphatic carbocycles. The molecule has 162 valence electrons. The lowest BCUT2D eigenvalue weighted by atomic mass is 10.2. The zero-order chi connectivity index (χ0) is 22.8. The van der Waals surface area contributed by atoms with E-state index in [1.807, 2.05) is 42.5 Å². The predicted octanol–water partition coefficient (Wildman–Crippen LogP) is 5.70. The van der Waals surface area contributed by atoms with E-state index in [-0.39, 0.29) is 11.5 Å². The van der Waals surface area contributed by atoms with Crippen molar-refractivity contribution < 1.29 is 14.6 Å². The number of carboxylic acids is 1. The zero-order valence-corrected chi connectivity index (χ0v) is 17.8. The van der Waals surface area contributed by atoms with Crippen LogP contribution in [0.15, 0.2) is 85.2 Å². The van der Waals surface area contributed by atoms with Gasteiger partial charge in [0.2, 0.25) is 0 Å². The first kappa shape index (κ1) is 20.5. The fourth-order valence-electron chi connectivity index (χ4n) is 3.20. The van der Waals surface area contributed by atoms with Gasteiger partial charge in [-0.15, -0.1) is 0 Å². The molecule has 33 heavy (non-hydrogen) atoms. The molecule has 3 aromatic carbocycles. The van der Waals surface area contributed by atoms with Gasteiger partial charge >= 0.3 is 5.97 Å². The monoisotopic (exact) mass is 457 g/mol. The van der Waals surface area contributed by atoms with Crippen molar-refractivity contribution in [3.8, 4) is 17.4 Å². The highest BCUT2D eigenvalue weighted by Crippen LogP contribution is 2.31. The van der Waals surface area contributed by atoms with Crippen molar-refractivity contribution in [2.24, 2.45) is 0 Å². The molecule has 0 atom stereocenters. The molecule has 2 N–H and O–H groups in total. The van der Waals surface area contributed by atoms with Crippen LogP contribution in [0, 0.1) is 0 Å². The number of halogens is 1. The first-order valence-corrected chi connectivity index (χ1v) is 10.3. The highest BCUT2D eigenvalue weighted by Gasteiger charge is 2.14. The van der Waals surface area contributed by atoms with E-state index >= 15 is 0 Å². The number of anilines is 2. The Labute approximate surface area is 193 Å². The molecule has 5 aromatic rings. The number of hydrogen-bond donors (Lipinski definition) is 2. The average Bonchev–Trinajstić information content (AvgIpc) is 3.32. The lowest BCUT2D eigenvalue weighted by Crippen LogP contribution is -2.06. The highest BCUT2D eigenvalue weighted by molar-refractivity contribution is 6.30. The molecule has 5 rings (SSSR count). The number of nitrogens with one attached hydrogen (secondary N) is 1. The van der Waals surface area contributed by atoms with Gasteiger partial charge in [0.05, 0.1) is 17.3 Å². The number of carboxylic acid groups (broad SMARTS) is 1. The van der Waals surface area contributed by atoms with Crippen LogP contribution in [0.2, 0.25) is 5.02 Å². The molecular weight excluding hydrogens is 442 g/mol. The summed E-state index contributed by atoms with van der Waals surface area (Å²) in [6, 6.07) is 22.1. The van der Waals surface area contributed by atoms with Crippen LogP contribution >= 0.6 is 11.6 Å². The number of ether oxygens (including phenoxy) is 1. The van der Waals surface area contributed by atoms with Crippen molar-refractivity contribution in [2.45, 2.75) is 0 Å². The lowest BCUT2D eigenvalue weighted by molar-refractivity contribution is 0.0697. The summed E-state index contributed by atoms with van der Waals surface area (Å²) in [6.07, 6.45) is 2.62. The van der Waals surface area contributed by atoms with E-state index < -0.39 is 5.97 Å². The molecule has 0 bridgehead atoms. The summed E-state index contributed by atoms with van der Waals surface area (Å²) in [4.78, 5) is 20.4. The van der Waals surface area contributed by atoms with Gasteiger partial charge in [-0.3, -0.25) is 0 Å². The van der Waals surface area contributed by atoms with Gasteiger partial charge in [0.25, 0.3) is 5.95 Å². The quantitative estimate of drug-likeness (QED) is 0.337. The Morgan fingerprint density at radius 1 is 0.970 bits per heavy atom. The van der Waals surface area contributed by atoms with Gasteiger partial charge in [-0.25, -0.2) is 14.5 Å². The molecule has 0 saturated carbocycles. The summed E-state index contributed by atoms with van der Waals surface area (Å²) >= 11 is 5.95. The van der Waals surface area contributed by atoms with Crippen molar-refractivity contribution in [3.63, 3.8) is 0 Å². The van der Waals surface area contributed by atoms with Crippen molar-refractivity contribution in [3.05, 3.63) is 95.8 Å². The van der Waals surface area contributed by atoms with E-state index in [1.165, 1.54) is 17.1 Å². The summed E-state index contributed by atoms with van der Waals surface area (Å²) in [5, 5.41) is 17.9. The zero-order valence-electron chi connectivity index (χ0n) is 17.0. The van der Waals surface area contributed by atoms with Gasteiger partial charge in [0, 0.05) is 22.3 Å². The third kappa shape index (κ3) is 4.46. The standard InChI is InChI=1S/C24H16ClN5O3/c25-16-6-8-18(9-7-16)33-19-10-11-21-20(12-19)22(27-17-4-2-1-3-5-17)29-24(28-21)30-14-15(13-26-30)23(31)32/h1-14H,(H,31,32)(H,27,28,29). The van der Waals surface area contributed by atoms with Crippen LogP contribution in [-0.2, 0) is 0 Å². The maximum absolute atomic E-state index is 11.2. The van der Waals surface area contributed by atoms with Crippen LogP contribution in [0.25, 0.3) is 16.9 Å². The van der Waals surface area contributed by atoms with Crippen LogP contribution in [0.5, 0.6) is 11.5 Å². The molecule has 2 heterocycles. The third-order valence-corrected chi connectivity index (χ3v) is 5.03. The van der Waals surface area contributed by atoms with E-state index in [4.69, 9.17) is 16.3 Å². The second-order valence-corrected chi connectivity index (χ2v) is 7.51. The summed E-state index contributed by atoms with van der Waals surface area (Å²) in [6.45, 7) is 0. The Morgan fingerprint density at radius 2 is 1.73 bits per heavy atom. The third-order valence-electron chi connectivity index (χ3n) is 4.78. The van der Waals surface area contributed by atoms with Crippen LogP contribution in [0.1, 0.15) is 10.4 Å². The Morgan fingerprint density at radius 3 is 2.45 bits per heavy atom. The number of rotatable bonds is 6. The molecule has 0 fully saturated rings. The van der Waals surface area contributed by atoms with Crippen LogP contribution < -0.4 is 10.1 Å². The van der Waals surface area contributed by atoms with Crippen LogP contribution in [0.3, 0.4) is 0 Å². The topological polar surface area (TPSA) is 102 Å². The molecule has 2 aromatic heterocycles. The predicted molar refractivity (Wildman–Crippen MR) is 125 cm³/mol. The molecule has 9 heteroatoms. The maximum atomic E-state index is 11.2. The summed E-state index contributed by atoms with van der Waals surface area (Å²) in [5.74, 6) is 0.930. The normalized spacial score (nSPS) is 10.8. The second-order valence-electron chi connectivity index (χ2n) is 7.08. The minimum absolute atomic E-state index is 0.0444. The molecule has 0 aliphatic heterocycles. The Hall–Kier alpha value is -4.43. The van der Waals surface area contributed by atoms with Gasteiger partial charge in [-0.05, 0) is 54.6 Å². The number of para-hydroxylation sites is 1. The summed E-state index contributed by atoms with van der Waals surface area (Å²) in [7, 11) is 0. The Balaban J connectivity index is 1.59. The molecule has 0 amide bonds. The fraction of sp³-hybridized carbons (Fsp3) is 0. The SMILES string of the molecule is O=C(O)c1cnn(-c2nc(Nc3ccccc3)c3cc(Oc4ccc(Cl)cc4)ccc3n2)c1. The molecule has 0 spiro atoms. The van der Waals surface area contributed by atoms with Gasteiger partial charge in [-0.2, -0.15) is 10.1 Å². The second kappa shape index (κ2) is 8.60. The van der Waals surface area contributed by atoms with Gasteiger partial charge in [0.1, 0.15) is 17.3 Å². The fourth-order valence-corrected chi connectivity index (χ4v) is 3.32. The summed E-state index contributed by atoms with van der Waals surface area (Å²) in [5.41, 5.74) is 1.51. The van der Waals surface area contributed by atoms with Crippen molar-refractivity contribution in [1.29, 1.82) is 0 Å². The van der Waals surface area contributed by atoms with Crippen molar-refractivity contribution in [2.75, 3.05) is 5.32 Å². The molecule has 0 aliphatic rings. The summed E-state index contributed by atoms with van der Waals surface area (Å²) < 4.78 is 7.30. The smallest absolute Gasteiger partial charge is 0.338 e. The minimum atomic E-state index is -1.08. The Bertz CT molecular complexity index is 1450. The number of nitrogens with zero attached hydrogens (tertiary/aromatic N) is 4. The molecular formula is C24H16ClN5O3. The number of hydrogen-bond acceptors (Lipinski definition) is 6. The van der Waals surface area contributed by atoms with Gasteiger partial charge in [-0.1, -0.05) is 29.8 Å². The number of aromatic nitrogens is 4. The first-order chi connectivity index (χ1) is 16.0. The van der Waals surface area contributed by atoms with Crippen LogP contribution in [-0.4, -0.2) is 30.8 Å². The van der Waals surface area contributed by atoms with Gasteiger partial charge < -0.3 is 15.2 Å². The number of carbonyl (C=O) groups is 1. The van der Waals surface area contributed by atoms with E-state index in [9.17, 15) is 9.90 Å². The van der Waals surface area contributed by atoms with Crippen molar-refractivity contribution in [1.82, 2.24) is 19.7 Å². The number of benzene rings is 3. The van der Waals surface area contributed by atoms with E-state index in [2.05, 4.69) is 20.4 Å². The highest BCUT2D eigenvalue weighted by atomic mass is 35.5. The maximum Gasteiger partial charge on any atom is 0.338 e. The van der Waals surface area contributed by atoms with Crippen molar-refractivity contribution >= 4 is 40.0 Å². The molecule has 0 saturated heterocycles. The average molecular weight is 458 g/mol. The molecule has 0 unspecified atom stereocenters. The van der Waals surface area contributed by atoms with E-state index in [0.717, 1.165) is 11.1 Å². The first-order valence-electron chi connectivity index (χ1n) is 9.91. The molecule has 8 nitrogen and oxygen atoms in total. The number of aromatic carboxylic acids is 1. The number of fused-ring (bicyclic) bond motifs is 1. The van der Waals surface area contributed by atoms with Gasteiger partial charge in [0.15, 0.2) is 0 Å². The minimum Gasteiger partial charge on any atom is -0.478 e. The largest absolute Gasteiger partial charge is 0.478 e. The Kier molecular flexibility index (Phi) is 5.34. The van der Waals surface area contributed by atoms with E-state index in [0.29, 0.717) is 27.9 Å². The lowest BCUT2D eigenvalue weighted by Gasteiger charge is -2.12. The molecule has 0 radical (unpaired) electrons. The van der Waals surface area contributed by atoms with Crippen LogP contribution in [0.4, 0.5) is 11.5 Å². The van der Waals surface area contributed by atoms with E-state index in [1.54, 1.807) is 30.3 Å².